The van der Waals surface area contributed by atoms with Gasteiger partial charge in [-0.15, -0.1) is 0 Å². The van der Waals surface area contributed by atoms with Crippen molar-refractivity contribution in [2.75, 3.05) is 6.54 Å². The average Bonchev–Trinajstić information content (AvgIpc) is 2.29. The zero-order chi connectivity index (χ0) is 13.7. The molecule has 1 nitrogen and oxygen atoms in total. The highest BCUT2D eigenvalue weighted by molar-refractivity contribution is 9.10. The Hall–Kier alpha value is -0.410. The van der Waals surface area contributed by atoms with E-state index in [9.17, 15) is 4.39 Å². The second-order valence-corrected chi connectivity index (χ2v) is 6.28. The first-order chi connectivity index (χ1) is 8.41. The van der Waals surface area contributed by atoms with Gasteiger partial charge < -0.3 is 5.32 Å². The van der Waals surface area contributed by atoms with E-state index in [0.29, 0.717) is 22.4 Å². The third kappa shape index (κ3) is 4.69. The summed E-state index contributed by atoms with van der Waals surface area (Å²) in [5.74, 6) is 0.920. The van der Waals surface area contributed by atoms with Crippen molar-refractivity contribution in [3.8, 4) is 0 Å². The van der Waals surface area contributed by atoms with Gasteiger partial charge in [0.15, 0.2) is 0 Å². The van der Waals surface area contributed by atoms with Crippen LogP contribution in [0.1, 0.15) is 33.3 Å². The van der Waals surface area contributed by atoms with Gasteiger partial charge in [0.1, 0.15) is 5.82 Å². The van der Waals surface area contributed by atoms with Crippen LogP contribution in [0.25, 0.3) is 0 Å². The molecule has 0 fully saturated rings. The maximum Gasteiger partial charge on any atom is 0.137 e. The van der Waals surface area contributed by atoms with Crippen LogP contribution in [0.3, 0.4) is 0 Å². The highest BCUT2D eigenvalue weighted by atomic mass is 79.9. The molecular formula is C15H23BrFN. The zero-order valence-corrected chi connectivity index (χ0v) is 13.2. The van der Waals surface area contributed by atoms with Gasteiger partial charge in [-0.1, -0.05) is 39.8 Å². The van der Waals surface area contributed by atoms with E-state index in [2.05, 4.69) is 48.9 Å². The van der Waals surface area contributed by atoms with E-state index in [1.54, 1.807) is 6.07 Å². The number of hydrogen-bond acceptors (Lipinski definition) is 1. The van der Waals surface area contributed by atoms with Crippen LogP contribution in [0.5, 0.6) is 0 Å². The van der Waals surface area contributed by atoms with Crippen molar-refractivity contribution in [1.29, 1.82) is 0 Å². The lowest BCUT2D eigenvalue weighted by Gasteiger charge is -2.23. The third-order valence-electron chi connectivity index (χ3n) is 3.24. The van der Waals surface area contributed by atoms with Crippen molar-refractivity contribution < 1.29 is 4.39 Å². The van der Waals surface area contributed by atoms with E-state index in [0.717, 1.165) is 18.5 Å². The molecule has 1 atom stereocenters. The van der Waals surface area contributed by atoms with Gasteiger partial charge in [0.2, 0.25) is 0 Å². The molecule has 1 aromatic carbocycles. The summed E-state index contributed by atoms with van der Waals surface area (Å²) in [6.07, 6.45) is 0.899. The Kier molecular flexibility index (Phi) is 6.30. The summed E-state index contributed by atoms with van der Waals surface area (Å²) in [5, 5.41) is 3.47. The highest BCUT2D eigenvalue weighted by Crippen LogP contribution is 2.25. The van der Waals surface area contributed by atoms with Gasteiger partial charge in [0.25, 0.3) is 0 Å². The molecule has 1 N–H and O–H groups in total. The Morgan fingerprint density at radius 1 is 1.22 bits per heavy atom. The van der Waals surface area contributed by atoms with Crippen LogP contribution in [0.2, 0.25) is 0 Å². The maximum atomic E-state index is 13.5. The number of halogens is 2. The molecule has 0 aromatic heterocycles. The SMILES string of the molecule is CC(C)NCC(Cc1cccc(F)c1Br)C(C)C. The molecule has 102 valence electrons. The largest absolute Gasteiger partial charge is 0.314 e. The summed E-state index contributed by atoms with van der Waals surface area (Å²) in [4.78, 5) is 0. The quantitative estimate of drug-likeness (QED) is 0.820. The predicted octanol–water partition coefficient (Wildman–Crippen LogP) is 4.40. The molecule has 0 bridgehead atoms. The molecule has 0 saturated heterocycles. The lowest BCUT2D eigenvalue weighted by Crippen LogP contribution is -2.32. The molecule has 1 aromatic rings. The van der Waals surface area contributed by atoms with E-state index < -0.39 is 0 Å². The van der Waals surface area contributed by atoms with E-state index >= 15 is 0 Å². The Labute approximate surface area is 118 Å². The minimum absolute atomic E-state index is 0.174. The summed E-state index contributed by atoms with van der Waals surface area (Å²) >= 11 is 3.34. The molecule has 0 spiro atoms. The molecule has 0 saturated carbocycles. The van der Waals surface area contributed by atoms with Gasteiger partial charge in [0, 0.05) is 6.04 Å². The van der Waals surface area contributed by atoms with Crippen molar-refractivity contribution in [2.24, 2.45) is 11.8 Å². The van der Waals surface area contributed by atoms with Crippen LogP contribution in [0.4, 0.5) is 4.39 Å². The van der Waals surface area contributed by atoms with Crippen molar-refractivity contribution in [3.63, 3.8) is 0 Å². The Morgan fingerprint density at radius 3 is 2.44 bits per heavy atom. The second kappa shape index (κ2) is 7.25. The smallest absolute Gasteiger partial charge is 0.137 e. The lowest BCUT2D eigenvalue weighted by molar-refractivity contribution is 0.348. The fourth-order valence-electron chi connectivity index (χ4n) is 1.92. The molecule has 0 aliphatic carbocycles. The van der Waals surface area contributed by atoms with Gasteiger partial charge in [0.05, 0.1) is 4.47 Å². The molecule has 0 aliphatic heterocycles. The van der Waals surface area contributed by atoms with Gasteiger partial charge >= 0.3 is 0 Å². The standard InChI is InChI=1S/C15H23BrFN/c1-10(2)13(9-18-11(3)4)8-12-6-5-7-14(17)15(12)16/h5-7,10-11,13,18H,8-9H2,1-4H3. The van der Waals surface area contributed by atoms with Gasteiger partial charge in [-0.25, -0.2) is 4.39 Å². The normalized spacial score (nSPS) is 13.3. The van der Waals surface area contributed by atoms with E-state index in [1.165, 1.54) is 6.07 Å². The van der Waals surface area contributed by atoms with Crippen LogP contribution >= 0.6 is 15.9 Å². The van der Waals surface area contributed by atoms with Gasteiger partial charge in [-0.2, -0.15) is 0 Å². The molecule has 0 amide bonds. The summed E-state index contributed by atoms with van der Waals surface area (Å²) in [6.45, 7) is 9.71. The number of hydrogen-bond donors (Lipinski definition) is 1. The number of benzene rings is 1. The molecule has 1 unspecified atom stereocenters. The Morgan fingerprint density at radius 2 is 1.89 bits per heavy atom. The van der Waals surface area contributed by atoms with Gasteiger partial charge in [-0.3, -0.25) is 0 Å². The summed E-state index contributed by atoms with van der Waals surface area (Å²) in [5.41, 5.74) is 1.05. The predicted molar refractivity (Wildman–Crippen MR) is 79.3 cm³/mol. The maximum absolute atomic E-state index is 13.5. The van der Waals surface area contributed by atoms with Crippen LogP contribution in [0.15, 0.2) is 22.7 Å². The first kappa shape index (κ1) is 15.6. The molecule has 18 heavy (non-hydrogen) atoms. The molecule has 0 aliphatic rings. The van der Waals surface area contributed by atoms with Crippen molar-refractivity contribution >= 4 is 15.9 Å². The van der Waals surface area contributed by atoms with Crippen LogP contribution in [-0.4, -0.2) is 12.6 Å². The van der Waals surface area contributed by atoms with Crippen LogP contribution in [0, 0.1) is 17.7 Å². The number of rotatable bonds is 6. The summed E-state index contributed by atoms with van der Waals surface area (Å²) < 4.78 is 14.1. The van der Waals surface area contributed by atoms with E-state index in [4.69, 9.17) is 0 Å². The first-order valence-corrected chi connectivity index (χ1v) is 7.37. The Balaban J connectivity index is 2.74. The van der Waals surface area contributed by atoms with E-state index in [-0.39, 0.29) is 5.82 Å². The summed E-state index contributed by atoms with van der Waals surface area (Å²) in [6, 6.07) is 5.76. The van der Waals surface area contributed by atoms with Crippen molar-refractivity contribution in [2.45, 2.75) is 40.2 Å². The van der Waals surface area contributed by atoms with Crippen LogP contribution < -0.4 is 5.32 Å². The second-order valence-electron chi connectivity index (χ2n) is 5.48. The average molecular weight is 316 g/mol. The monoisotopic (exact) mass is 315 g/mol. The first-order valence-electron chi connectivity index (χ1n) is 6.58. The minimum atomic E-state index is -0.174. The van der Waals surface area contributed by atoms with Crippen molar-refractivity contribution in [3.05, 3.63) is 34.1 Å². The summed E-state index contributed by atoms with van der Waals surface area (Å²) in [7, 11) is 0. The topological polar surface area (TPSA) is 12.0 Å². The minimum Gasteiger partial charge on any atom is -0.314 e. The van der Waals surface area contributed by atoms with Crippen molar-refractivity contribution in [1.82, 2.24) is 5.32 Å². The molecule has 0 radical (unpaired) electrons. The highest BCUT2D eigenvalue weighted by Gasteiger charge is 2.16. The lowest BCUT2D eigenvalue weighted by atomic mass is 9.89. The number of nitrogens with one attached hydrogen (secondary N) is 1. The molecule has 0 heterocycles. The van der Waals surface area contributed by atoms with Gasteiger partial charge in [-0.05, 0) is 52.4 Å². The fourth-order valence-corrected chi connectivity index (χ4v) is 2.35. The molecule has 1 rings (SSSR count). The fraction of sp³-hybridized carbons (Fsp3) is 0.600. The third-order valence-corrected chi connectivity index (χ3v) is 4.13. The van der Waals surface area contributed by atoms with E-state index in [1.807, 2.05) is 6.07 Å². The zero-order valence-electron chi connectivity index (χ0n) is 11.6. The molecule has 3 heteroatoms. The Bertz CT molecular complexity index is 377. The molecular weight excluding hydrogens is 293 g/mol. The van der Waals surface area contributed by atoms with Crippen LogP contribution in [-0.2, 0) is 6.42 Å².